The third kappa shape index (κ3) is 8.65. The molecule has 0 heterocycles. The molecule has 21 heavy (non-hydrogen) atoms. The standard InChI is InChI=1S/C15H23N3O3/c1-13(19)16-8-9-17-15(20)12-18(2)10-11-21-14-6-4-3-5-7-14/h3-7H,8-12H2,1-2H3,(H,16,19)(H,17,20). The van der Waals surface area contributed by atoms with Crippen LogP contribution in [0.25, 0.3) is 0 Å². The molecular formula is C15H23N3O3. The van der Waals surface area contributed by atoms with Crippen LogP contribution < -0.4 is 15.4 Å². The van der Waals surface area contributed by atoms with Crippen molar-refractivity contribution in [2.75, 3.05) is 39.8 Å². The molecule has 0 atom stereocenters. The number of ether oxygens (including phenoxy) is 1. The van der Waals surface area contributed by atoms with Crippen LogP contribution in [0, 0.1) is 0 Å². The number of amides is 2. The van der Waals surface area contributed by atoms with Crippen molar-refractivity contribution in [2.45, 2.75) is 6.92 Å². The lowest BCUT2D eigenvalue weighted by atomic mass is 10.3. The van der Waals surface area contributed by atoms with E-state index in [2.05, 4.69) is 10.6 Å². The SMILES string of the molecule is CC(=O)NCCNC(=O)CN(C)CCOc1ccccc1. The molecule has 0 spiro atoms. The minimum Gasteiger partial charge on any atom is -0.492 e. The van der Waals surface area contributed by atoms with Crippen molar-refractivity contribution in [3.05, 3.63) is 30.3 Å². The number of carbonyl (C=O) groups is 2. The van der Waals surface area contributed by atoms with Crippen LogP contribution >= 0.6 is 0 Å². The zero-order valence-corrected chi connectivity index (χ0v) is 12.6. The topological polar surface area (TPSA) is 70.7 Å². The van der Waals surface area contributed by atoms with Gasteiger partial charge in [0.2, 0.25) is 11.8 Å². The molecule has 0 bridgehead atoms. The van der Waals surface area contributed by atoms with E-state index in [1.807, 2.05) is 42.3 Å². The van der Waals surface area contributed by atoms with Crippen LogP contribution in [-0.2, 0) is 9.59 Å². The third-order valence-corrected chi connectivity index (χ3v) is 2.72. The Kier molecular flexibility index (Phi) is 7.89. The summed E-state index contributed by atoms with van der Waals surface area (Å²) in [6.07, 6.45) is 0. The number of benzene rings is 1. The van der Waals surface area contributed by atoms with Gasteiger partial charge in [0.1, 0.15) is 12.4 Å². The van der Waals surface area contributed by atoms with E-state index in [-0.39, 0.29) is 11.8 Å². The molecule has 0 radical (unpaired) electrons. The van der Waals surface area contributed by atoms with Gasteiger partial charge in [0.25, 0.3) is 0 Å². The maximum Gasteiger partial charge on any atom is 0.234 e. The lowest BCUT2D eigenvalue weighted by Gasteiger charge is -2.16. The first kappa shape index (κ1) is 17.0. The van der Waals surface area contributed by atoms with E-state index in [4.69, 9.17) is 4.74 Å². The Morgan fingerprint density at radius 1 is 1.14 bits per heavy atom. The molecule has 0 aliphatic heterocycles. The van der Waals surface area contributed by atoms with Crippen LogP contribution in [0.5, 0.6) is 5.75 Å². The van der Waals surface area contributed by atoms with Crippen molar-refractivity contribution >= 4 is 11.8 Å². The predicted molar refractivity (Wildman–Crippen MR) is 81.1 cm³/mol. The van der Waals surface area contributed by atoms with E-state index < -0.39 is 0 Å². The Morgan fingerprint density at radius 2 is 1.81 bits per heavy atom. The van der Waals surface area contributed by atoms with Gasteiger partial charge in [-0.15, -0.1) is 0 Å². The van der Waals surface area contributed by atoms with Gasteiger partial charge in [-0.25, -0.2) is 0 Å². The molecule has 6 nitrogen and oxygen atoms in total. The lowest BCUT2D eigenvalue weighted by molar-refractivity contribution is -0.122. The summed E-state index contributed by atoms with van der Waals surface area (Å²) in [6, 6.07) is 9.57. The first-order valence-corrected chi connectivity index (χ1v) is 6.95. The van der Waals surface area contributed by atoms with Crippen molar-refractivity contribution in [3.63, 3.8) is 0 Å². The van der Waals surface area contributed by atoms with Gasteiger partial charge in [-0.3, -0.25) is 14.5 Å². The molecule has 0 fully saturated rings. The monoisotopic (exact) mass is 293 g/mol. The van der Waals surface area contributed by atoms with Gasteiger partial charge in [0.05, 0.1) is 6.54 Å². The van der Waals surface area contributed by atoms with E-state index in [0.29, 0.717) is 32.8 Å². The molecule has 1 rings (SSSR count). The van der Waals surface area contributed by atoms with Crippen molar-refractivity contribution in [1.82, 2.24) is 15.5 Å². The number of hydrogen-bond donors (Lipinski definition) is 2. The molecule has 0 aliphatic rings. The van der Waals surface area contributed by atoms with Crippen LogP contribution in [-0.4, -0.2) is 56.5 Å². The molecule has 0 aromatic heterocycles. The number of carbonyl (C=O) groups excluding carboxylic acids is 2. The number of nitrogens with zero attached hydrogens (tertiary/aromatic N) is 1. The van der Waals surface area contributed by atoms with Crippen LogP contribution in [0.3, 0.4) is 0 Å². The Bertz CT molecular complexity index is 437. The van der Waals surface area contributed by atoms with Crippen LogP contribution in [0.15, 0.2) is 30.3 Å². The normalized spacial score (nSPS) is 10.2. The van der Waals surface area contributed by atoms with Gasteiger partial charge < -0.3 is 15.4 Å². The zero-order valence-electron chi connectivity index (χ0n) is 12.6. The molecule has 2 N–H and O–H groups in total. The Hall–Kier alpha value is -2.08. The fourth-order valence-electron chi connectivity index (χ4n) is 1.66. The quantitative estimate of drug-likeness (QED) is 0.640. The average Bonchev–Trinajstić information content (AvgIpc) is 2.44. The lowest BCUT2D eigenvalue weighted by Crippen LogP contribution is -2.40. The smallest absolute Gasteiger partial charge is 0.234 e. The summed E-state index contributed by atoms with van der Waals surface area (Å²) in [5.74, 6) is 0.660. The summed E-state index contributed by atoms with van der Waals surface area (Å²) in [5.41, 5.74) is 0. The number of likely N-dealkylation sites (N-methyl/N-ethyl adjacent to an activating group) is 1. The van der Waals surface area contributed by atoms with Gasteiger partial charge in [-0.1, -0.05) is 18.2 Å². The van der Waals surface area contributed by atoms with Crippen molar-refractivity contribution < 1.29 is 14.3 Å². The molecule has 0 saturated heterocycles. The summed E-state index contributed by atoms with van der Waals surface area (Å²) in [5, 5.41) is 5.36. The van der Waals surface area contributed by atoms with E-state index in [9.17, 15) is 9.59 Å². The molecule has 1 aromatic carbocycles. The van der Waals surface area contributed by atoms with Gasteiger partial charge >= 0.3 is 0 Å². The van der Waals surface area contributed by atoms with Crippen LogP contribution in [0.4, 0.5) is 0 Å². The van der Waals surface area contributed by atoms with Crippen molar-refractivity contribution in [2.24, 2.45) is 0 Å². The summed E-state index contributed by atoms with van der Waals surface area (Å²) >= 11 is 0. The first-order chi connectivity index (χ1) is 10.1. The van der Waals surface area contributed by atoms with Gasteiger partial charge in [0, 0.05) is 26.6 Å². The highest BCUT2D eigenvalue weighted by Crippen LogP contribution is 2.07. The number of nitrogens with one attached hydrogen (secondary N) is 2. The van der Waals surface area contributed by atoms with Gasteiger partial charge in [0.15, 0.2) is 0 Å². The molecule has 0 aliphatic carbocycles. The van der Waals surface area contributed by atoms with E-state index >= 15 is 0 Å². The zero-order chi connectivity index (χ0) is 15.5. The highest BCUT2D eigenvalue weighted by molar-refractivity contribution is 5.78. The Balaban J connectivity index is 2.08. The molecule has 0 saturated carbocycles. The summed E-state index contributed by atoms with van der Waals surface area (Å²) in [6.45, 7) is 3.82. The maximum atomic E-state index is 11.6. The first-order valence-electron chi connectivity index (χ1n) is 6.95. The highest BCUT2D eigenvalue weighted by Gasteiger charge is 2.06. The molecule has 6 heteroatoms. The molecule has 1 aromatic rings. The number of hydrogen-bond acceptors (Lipinski definition) is 4. The maximum absolute atomic E-state index is 11.6. The van der Waals surface area contributed by atoms with E-state index in [1.165, 1.54) is 6.92 Å². The minimum atomic E-state index is -0.0978. The summed E-state index contributed by atoms with van der Waals surface area (Å²) in [4.78, 5) is 24.2. The Morgan fingerprint density at radius 3 is 2.48 bits per heavy atom. The Labute approximate surface area is 125 Å². The summed E-state index contributed by atoms with van der Waals surface area (Å²) in [7, 11) is 1.86. The van der Waals surface area contributed by atoms with E-state index in [0.717, 1.165) is 5.75 Å². The van der Waals surface area contributed by atoms with Gasteiger partial charge in [-0.05, 0) is 19.2 Å². The van der Waals surface area contributed by atoms with Crippen molar-refractivity contribution in [1.29, 1.82) is 0 Å². The molecule has 116 valence electrons. The second-order valence-corrected chi connectivity index (χ2v) is 4.73. The van der Waals surface area contributed by atoms with E-state index in [1.54, 1.807) is 0 Å². The third-order valence-electron chi connectivity index (χ3n) is 2.72. The second-order valence-electron chi connectivity index (χ2n) is 4.73. The molecule has 0 unspecified atom stereocenters. The average molecular weight is 293 g/mol. The van der Waals surface area contributed by atoms with Gasteiger partial charge in [-0.2, -0.15) is 0 Å². The number of para-hydroxylation sites is 1. The summed E-state index contributed by atoms with van der Waals surface area (Å²) < 4.78 is 5.56. The highest BCUT2D eigenvalue weighted by atomic mass is 16.5. The molecule has 2 amide bonds. The fraction of sp³-hybridized carbons (Fsp3) is 0.467. The minimum absolute atomic E-state index is 0.0671. The molecular weight excluding hydrogens is 270 g/mol. The number of rotatable bonds is 9. The van der Waals surface area contributed by atoms with Crippen LogP contribution in [0.2, 0.25) is 0 Å². The van der Waals surface area contributed by atoms with Crippen LogP contribution in [0.1, 0.15) is 6.92 Å². The van der Waals surface area contributed by atoms with Crippen molar-refractivity contribution in [3.8, 4) is 5.75 Å². The fourth-order valence-corrected chi connectivity index (χ4v) is 1.66. The predicted octanol–water partition coefficient (Wildman–Crippen LogP) is 0.250. The largest absolute Gasteiger partial charge is 0.492 e. The second kappa shape index (κ2) is 9.77.